The van der Waals surface area contributed by atoms with Crippen molar-refractivity contribution in [2.45, 2.75) is 73.3 Å². The third-order valence-electron chi connectivity index (χ3n) is 5.24. The third-order valence-corrected chi connectivity index (χ3v) is 5.24. The number of hydrogen-bond acceptors (Lipinski definition) is 0. The highest BCUT2D eigenvalue weighted by molar-refractivity contribution is 5.36. The summed E-state index contributed by atoms with van der Waals surface area (Å²) in [6.07, 6.45) is -8.00. The van der Waals surface area contributed by atoms with Crippen molar-refractivity contribution in [1.29, 1.82) is 0 Å². The van der Waals surface area contributed by atoms with Gasteiger partial charge >= 0.3 is 59.5 Å². The van der Waals surface area contributed by atoms with Crippen LogP contribution in [0.25, 0.3) is 0 Å². The van der Waals surface area contributed by atoms with Gasteiger partial charge in [-0.25, -0.2) is 0 Å². The Morgan fingerprint density at radius 1 is 0.385 bits per heavy atom. The second-order valence-corrected chi connectivity index (χ2v) is 7.99. The van der Waals surface area contributed by atoms with Crippen molar-refractivity contribution in [2.75, 3.05) is 0 Å². The highest BCUT2D eigenvalue weighted by Crippen LogP contribution is 2.67. The van der Waals surface area contributed by atoms with Crippen LogP contribution in [0.3, 0.4) is 0 Å². The maximum absolute atomic E-state index is 14.3. The Balaban J connectivity index is 3.88. The predicted molar refractivity (Wildman–Crippen MR) is 85.4 cm³/mol. The molecule has 21 heteroatoms. The molecular formula is C18H9F21. The van der Waals surface area contributed by atoms with Gasteiger partial charge in [0.05, 0.1) is 0 Å². The Kier molecular flexibility index (Phi) is 7.91. The average molecular weight is 624 g/mol. The minimum atomic E-state index is -9.17. The first kappa shape index (κ1) is 34.8. The smallest absolute Gasteiger partial charge is 0.194 e. The highest BCUT2D eigenvalue weighted by atomic mass is 19.4. The molecule has 0 saturated heterocycles. The number of halogens is 21. The van der Waals surface area contributed by atoms with Crippen molar-refractivity contribution in [2.24, 2.45) is 0 Å². The topological polar surface area (TPSA) is 0 Å². The molecule has 0 bridgehead atoms. The summed E-state index contributed by atoms with van der Waals surface area (Å²) >= 11 is 0. The summed E-state index contributed by atoms with van der Waals surface area (Å²) in [6.45, 7) is 1.23. The van der Waals surface area contributed by atoms with E-state index < -0.39 is 76.2 Å². The van der Waals surface area contributed by atoms with Gasteiger partial charge in [0.1, 0.15) is 0 Å². The fourth-order valence-electron chi connectivity index (χ4n) is 2.80. The number of benzene rings is 1. The van der Waals surface area contributed by atoms with Crippen LogP contribution in [0.4, 0.5) is 92.2 Å². The second-order valence-electron chi connectivity index (χ2n) is 7.99. The normalized spacial score (nSPS) is 16.1. The molecule has 0 spiro atoms. The quantitative estimate of drug-likeness (QED) is 0.241. The standard InChI is InChI=1S/C18H9F21/c1-6-3-4-7(2)8(5-6)9(19,20)10(21,22)11(23,24)12(25,26)13(27,28)14(29,30)15(31,32)16(33,34)17(35,36)18(37,38)39/h3-5H,1-2H3. The van der Waals surface area contributed by atoms with E-state index in [0.29, 0.717) is 13.0 Å². The Morgan fingerprint density at radius 3 is 0.974 bits per heavy atom. The lowest BCUT2D eigenvalue weighted by Gasteiger charge is -2.44. The first-order valence-corrected chi connectivity index (χ1v) is 9.21. The maximum atomic E-state index is 14.3. The minimum absolute atomic E-state index is 0.113. The zero-order chi connectivity index (χ0) is 31.9. The van der Waals surface area contributed by atoms with Gasteiger partial charge in [0, 0.05) is 5.56 Å². The van der Waals surface area contributed by atoms with Gasteiger partial charge in [0.15, 0.2) is 0 Å². The zero-order valence-corrected chi connectivity index (χ0v) is 18.2. The van der Waals surface area contributed by atoms with Crippen molar-refractivity contribution < 1.29 is 92.2 Å². The lowest BCUT2D eigenvalue weighted by Crippen LogP contribution is -2.76. The second kappa shape index (κ2) is 8.87. The summed E-state index contributed by atoms with van der Waals surface area (Å²) in [5.41, 5.74) is -3.99. The molecule has 0 aliphatic carbocycles. The van der Waals surface area contributed by atoms with E-state index in [1.165, 1.54) is 0 Å². The van der Waals surface area contributed by atoms with Crippen LogP contribution >= 0.6 is 0 Å². The average Bonchev–Trinajstić information content (AvgIpc) is 2.73. The van der Waals surface area contributed by atoms with E-state index in [0.717, 1.165) is 13.0 Å². The molecule has 0 radical (unpaired) electrons. The fraction of sp³-hybridized carbons (Fsp3) is 0.667. The maximum Gasteiger partial charge on any atom is 0.460 e. The van der Waals surface area contributed by atoms with E-state index in [2.05, 4.69) is 0 Å². The third kappa shape index (κ3) is 4.26. The highest BCUT2D eigenvalue weighted by Gasteiger charge is 2.97. The van der Waals surface area contributed by atoms with Crippen molar-refractivity contribution in [3.05, 3.63) is 34.9 Å². The summed E-state index contributed by atoms with van der Waals surface area (Å²) < 4.78 is 282. The van der Waals surface area contributed by atoms with Gasteiger partial charge in [-0.3, -0.25) is 0 Å². The molecule has 0 unspecified atom stereocenters. The van der Waals surface area contributed by atoms with E-state index in [9.17, 15) is 92.2 Å². The Bertz CT molecular complexity index is 1060. The first-order valence-electron chi connectivity index (χ1n) is 9.21. The largest absolute Gasteiger partial charge is 0.460 e. The molecule has 0 amide bonds. The molecule has 0 N–H and O–H groups in total. The van der Waals surface area contributed by atoms with Crippen LogP contribution in [0.15, 0.2) is 18.2 Å². The van der Waals surface area contributed by atoms with E-state index in [4.69, 9.17) is 0 Å². The molecule has 0 aliphatic rings. The summed E-state index contributed by atoms with van der Waals surface area (Å²) in [6, 6.07) is 1.17. The van der Waals surface area contributed by atoms with Gasteiger partial charge in [0.25, 0.3) is 0 Å². The summed E-state index contributed by atoms with van der Waals surface area (Å²) in [7, 11) is 0. The van der Waals surface area contributed by atoms with Gasteiger partial charge in [-0.05, 0) is 25.5 Å². The van der Waals surface area contributed by atoms with Gasteiger partial charge in [0.2, 0.25) is 0 Å². The van der Waals surface area contributed by atoms with Crippen LogP contribution in [0, 0.1) is 13.8 Å². The van der Waals surface area contributed by atoms with Crippen LogP contribution in [-0.2, 0) is 5.92 Å². The summed E-state index contributed by atoms with van der Waals surface area (Å²) in [5.74, 6) is -77.0. The molecule has 0 aliphatic heterocycles. The molecule has 1 aromatic rings. The fourth-order valence-corrected chi connectivity index (χ4v) is 2.80. The molecule has 0 fully saturated rings. The number of alkyl halides is 21. The monoisotopic (exact) mass is 624 g/mol. The van der Waals surface area contributed by atoms with Gasteiger partial charge < -0.3 is 0 Å². The van der Waals surface area contributed by atoms with Gasteiger partial charge in [-0.15, -0.1) is 0 Å². The van der Waals surface area contributed by atoms with Crippen molar-refractivity contribution in [1.82, 2.24) is 0 Å². The summed E-state index contributed by atoms with van der Waals surface area (Å²) in [5, 5.41) is 0. The molecule has 0 nitrogen and oxygen atoms in total. The Labute approximate surface area is 201 Å². The van der Waals surface area contributed by atoms with E-state index in [-0.39, 0.29) is 6.07 Å². The number of hydrogen-bond donors (Lipinski definition) is 0. The molecule has 0 aromatic heterocycles. The van der Waals surface area contributed by atoms with Crippen molar-refractivity contribution >= 4 is 0 Å². The van der Waals surface area contributed by atoms with Crippen LogP contribution in [0.1, 0.15) is 16.7 Å². The first-order chi connectivity index (χ1) is 16.7. The van der Waals surface area contributed by atoms with E-state index in [1.54, 1.807) is 0 Å². The lowest BCUT2D eigenvalue weighted by atomic mass is 9.84. The van der Waals surface area contributed by atoms with Crippen molar-refractivity contribution in [3.8, 4) is 0 Å². The van der Waals surface area contributed by atoms with Crippen LogP contribution in [0.2, 0.25) is 0 Å². The molecule has 0 heterocycles. The van der Waals surface area contributed by atoms with Crippen LogP contribution in [-0.4, -0.2) is 53.6 Å². The number of rotatable bonds is 9. The minimum Gasteiger partial charge on any atom is -0.194 e. The van der Waals surface area contributed by atoms with Gasteiger partial charge in [-0.1, -0.05) is 17.7 Å². The SMILES string of the molecule is Cc1ccc(C)c(C(F)(F)C(F)(F)C(F)(F)C(F)(F)C(F)(F)C(F)(F)C(F)(F)C(F)(F)C(F)(F)C(F)(F)F)c1. The molecule has 228 valence electrons. The molecule has 1 rings (SSSR count). The predicted octanol–water partition coefficient (Wildman–Crippen LogP) is 9.04. The lowest BCUT2D eigenvalue weighted by molar-refractivity contribution is -0.474. The van der Waals surface area contributed by atoms with Crippen LogP contribution in [0.5, 0.6) is 0 Å². The zero-order valence-electron chi connectivity index (χ0n) is 18.2. The van der Waals surface area contributed by atoms with E-state index >= 15 is 0 Å². The molecule has 0 atom stereocenters. The number of aryl methyl sites for hydroxylation is 2. The Morgan fingerprint density at radius 2 is 0.667 bits per heavy atom. The molecular weight excluding hydrogens is 615 g/mol. The van der Waals surface area contributed by atoms with Crippen LogP contribution < -0.4 is 0 Å². The molecule has 39 heavy (non-hydrogen) atoms. The van der Waals surface area contributed by atoms with Gasteiger partial charge in [-0.2, -0.15) is 92.2 Å². The Hall–Kier alpha value is -2.25. The molecule has 1 aromatic carbocycles. The van der Waals surface area contributed by atoms with Crippen molar-refractivity contribution in [3.63, 3.8) is 0 Å². The summed E-state index contributed by atoms with van der Waals surface area (Å²) in [4.78, 5) is 0. The molecule has 0 saturated carbocycles. The van der Waals surface area contributed by atoms with E-state index in [1.807, 2.05) is 0 Å².